The fourth-order valence-electron chi connectivity index (χ4n) is 4.17. The van der Waals surface area contributed by atoms with E-state index >= 15 is 0 Å². The van der Waals surface area contributed by atoms with Crippen molar-refractivity contribution in [3.63, 3.8) is 0 Å². The maximum absolute atomic E-state index is 6.29. The summed E-state index contributed by atoms with van der Waals surface area (Å²) in [6.45, 7) is 3.88. The molecule has 2 unspecified atom stereocenters. The third-order valence-electron chi connectivity index (χ3n) is 5.65. The fourth-order valence-corrected chi connectivity index (χ4v) is 4.86. The van der Waals surface area contributed by atoms with Crippen LogP contribution >= 0.6 is 11.3 Å². The van der Waals surface area contributed by atoms with Gasteiger partial charge in [0.25, 0.3) is 0 Å². The fraction of sp³-hybridized carbons (Fsp3) is 0.765. The van der Waals surface area contributed by atoms with Gasteiger partial charge in [0, 0.05) is 37.8 Å². The molecule has 2 saturated carbocycles. The quantitative estimate of drug-likeness (QED) is 0.682. The Bertz CT molecular complexity index is 529. The van der Waals surface area contributed by atoms with Crippen LogP contribution in [0.15, 0.2) is 16.6 Å². The number of nitrogens with zero attached hydrogens (tertiary/aromatic N) is 4. The number of anilines is 1. The summed E-state index contributed by atoms with van der Waals surface area (Å²) in [5, 5.41) is 3.16. The summed E-state index contributed by atoms with van der Waals surface area (Å²) in [5.41, 5.74) is 6.29. The smallest absolute Gasteiger partial charge is 0.191 e. The highest BCUT2D eigenvalue weighted by atomic mass is 32.1. The molecule has 1 saturated heterocycles. The van der Waals surface area contributed by atoms with Crippen LogP contribution in [0.1, 0.15) is 38.5 Å². The van der Waals surface area contributed by atoms with Crippen LogP contribution in [-0.4, -0.2) is 48.1 Å². The highest BCUT2D eigenvalue weighted by Crippen LogP contribution is 2.46. The number of piperazine rings is 1. The summed E-state index contributed by atoms with van der Waals surface area (Å²) in [7, 11) is 0. The average Bonchev–Trinajstić information content (AvgIpc) is 3.15. The Kier molecular flexibility index (Phi) is 4.42. The molecule has 0 radical (unpaired) electrons. The molecule has 4 rings (SSSR count). The van der Waals surface area contributed by atoms with E-state index < -0.39 is 0 Å². The van der Waals surface area contributed by atoms with E-state index in [1.807, 2.05) is 11.6 Å². The molecule has 0 spiro atoms. The van der Waals surface area contributed by atoms with Crippen molar-refractivity contribution in [2.45, 2.75) is 44.6 Å². The third kappa shape index (κ3) is 3.47. The number of aromatic nitrogens is 1. The summed E-state index contributed by atoms with van der Waals surface area (Å²) < 4.78 is 0. The van der Waals surface area contributed by atoms with Crippen LogP contribution in [0.2, 0.25) is 0 Å². The Labute approximate surface area is 142 Å². The largest absolute Gasteiger partial charge is 0.370 e. The van der Waals surface area contributed by atoms with Crippen LogP contribution in [0.3, 0.4) is 0 Å². The molecule has 2 atom stereocenters. The predicted molar refractivity (Wildman–Crippen MR) is 96.0 cm³/mol. The van der Waals surface area contributed by atoms with Gasteiger partial charge >= 0.3 is 0 Å². The zero-order chi connectivity index (χ0) is 15.6. The first kappa shape index (κ1) is 15.2. The van der Waals surface area contributed by atoms with Crippen molar-refractivity contribution in [2.75, 3.05) is 31.1 Å². The van der Waals surface area contributed by atoms with E-state index in [0.29, 0.717) is 6.04 Å². The molecule has 3 aliphatic rings. The molecule has 126 valence electrons. The number of thiazole rings is 1. The van der Waals surface area contributed by atoms with E-state index in [1.54, 1.807) is 11.3 Å². The standard InChI is InChI=1S/C17H27N5S/c18-16(20-15-12-14(15)13-4-2-1-3-5-13)21-7-9-22(10-8-21)17-19-6-11-23-17/h6,11,13-15H,1-5,7-10,12H2,(H2,18,20). The number of rotatable bonds is 3. The van der Waals surface area contributed by atoms with Gasteiger partial charge in [-0.15, -0.1) is 11.3 Å². The van der Waals surface area contributed by atoms with Gasteiger partial charge in [-0.05, 0) is 18.3 Å². The minimum absolute atomic E-state index is 0.509. The minimum atomic E-state index is 0.509. The van der Waals surface area contributed by atoms with Crippen molar-refractivity contribution in [3.05, 3.63) is 11.6 Å². The first-order valence-corrected chi connectivity index (χ1v) is 9.92. The van der Waals surface area contributed by atoms with E-state index in [-0.39, 0.29) is 0 Å². The second kappa shape index (κ2) is 6.67. The first-order chi connectivity index (χ1) is 11.3. The number of guanidine groups is 1. The molecule has 5 nitrogen and oxygen atoms in total. The summed E-state index contributed by atoms with van der Waals surface area (Å²) in [6.07, 6.45) is 10.3. The van der Waals surface area contributed by atoms with E-state index in [1.165, 1.54) is 38.5 Å². The second-order valence-electron chi connectivity index (χ2n) is 7.14. The Morgan fingerprint density at radius 3 is 2.65 bits per heavy atom. The van der Waals surface area contributed by atoms with Crippen molar-refractivity contribution >= 4 is 22.4 Å². The Hall–Kier alpha value is -1.30. The SMILES string of the molecule is NC(=NC1CC1C1CCCCC1)N1CCN(c2nccs2)CC1. The van der Waals surface area contributed by atoms with Gasteiger partial charge in [-0.1, -0.05) is 32.1 Å². The average molecular weight is 334 g/mol. The molecule has 0 amide bonds. The number of hydrogen-bond acceptors (Lipinski definition) is 4. The van der Waals surface area contributed by atoms with Crippen molar-refractivity contribution in [2.24, 2.45) is 22.6 Å². The predicted octanol–water partition coefficient (Wildman–Crippen LogP) is 2.55. The van der Waals surface area contributed by atoms with Crippen LogP contribution in [0.25, 0.3) is 0 Å². The third-order valence-corrected chi connectivity index (χ3v) is 6.48. The Morgan fingerprint density at radius 2 is 1.96 bits per heavy atom. The molecular weight excluding hydrogens is 306 g/mol. The van der Waals surface area contributed by atoms with Gasteiger partial charge in [-0.3, -0.25) is 0 Å². The van der Waals surface area contributed by atoms with Crippen LogP contribution in [0, 0.1) is 11.8 Å². The lowest BCUT2D eigenvalue weighted by atomic mass is 9.85. The van der Waals surface area contributed by atoms with E-state index in [9.17, 15) is 0 Å². The van der Waals surface area contributed by atoms with E-state index in [4.69, 9.17) is 10.7 Å². The van der Waals surface area contributed by atoms with Crippen LogP contribution in [-0.2, 0) is 0 Å². The maximum Gasteiger partial charge on any atom is 0.191 e. The van der Waals surface area contributed by atoms with Gasteiger partial charge < -0.3 is 15.5 Å². The monoisotopic (exact) mass is 333 g/mol. The molecule has 2 N–H and O–H groups in total. The summed E-state index contributed by atoms with van der Waals surface area (Å²) in [6, 6.07) is 0.509. The van der Waals surface area contributed by atoms with Crippen molar-refractivity contribution in [1.29, 1.82) is 0 Å². The summed E-state index contributed by atoms with van der Waals surface area (Å²) in [4.78, 5) is 13.8. The van der Waals surface area contributed by atoms with Crippen molar-refractivity contribution in [1.82, 2.24) is 9.88 Å². The van der Waals surface area contributed by atoms with Crippen LogP contribution < -0.4 is 10.6 Å². The molecular formula is C17H27N5S. The number of nitrogens with two attached hydrogens (primary N) is 1. The molecule has 2 heterocycles. The van der Waals surface area contributed by atoms with E-state index in [2.05, 4.69) is 14.8 Å². The molecule has 23 heavy (non-hydrogen) atoms. The molecule has 2 aliphatic carbocycles. The molecule has 1 aliphatic heterocycles. The minimum Gasteiger partial charge on any atom is -0.370 e. The lowest BCUT2D eigenvalue weighted by Crippen LogP contribution is -2.51. The maximum atomic E-state index is 6.29. The van der Waals surface area contributed by atoms with Crippen molar-refractivity contribution < 1.29 is 0 Å². The second-order valence-corrected chi connectivity index (χ2v) is 8.01. The zero-order valence-corrected chi connectivity index (χ0v) is 14.5. The van der Waals surface area contributed by atoms with Crippen LogP contribution in [0.5, 0.6) is 0 Å². The first-order valence-electron chi connectivity index (χ1n) is 9.04. The molecule has 0 aromatic carbocycles. The highest BCUT2D eigenvalue weighted by molar-refractivity contribution is 7.13. The lowest BCUT2D eigenvalue weighted by Gasteiger charge is -2.35. The van der Waals surface area contributed by atoms with Gasteiger partial charge in [-0.25, -0.2) is 9.98 Å². The van der Waals surface area contributed by atoms with E-state index in [0.717, 1.165) is 49.1 Å². The molecule has 0 bridgehead atoms. The normalized spacial score (nSPS) is 29.8. The van der Waals surface area contributed by atoms with Gasteiger partial charge in [-0.2, -0.15) is 0 Å². The van der Waals surface area contributed by atoms with Gasteiger partial charge in [0.05, 0.1) is 6.04 Å². The number of hydrogen-bond donors (Lipinski definition) is 1. The Balaban J connectivity index is 1.28. The molecule has 6 heteroatoms. The summed E-state index contributed by atoms with van der Waals surface area (Å²) >= 11 is 1.71. The highest BCUT2D eigenvalue weighted by Gasteiger charge is 2.43. The van der Waals surface area contributed by atoms with Crippen molar-refractivity contribution in [3.8, 4) is 0 Å². The summed E-state index contributed by atoms with van der Waals surface area (Å²) in [5.74, 6) is 2.52. The topological polar surface area (TPSA) is 57.8 Å². The van der Waals surface area contributed by atoms with Gasteiger partial charge in [0.1, 0.15) is 0 Å². The number of aliphatic imine (C=N–C) groups is 1. The molecule has 1 aromatic rings. The van der Waals surface area contributed by atoms with Gasteiger partial charge in [0.15, 0.2) is 11.1 Å². The molecule has 1 aromatic heterocycles. The lowest BCUT2D eigenvalue weighted by molar-refractivity contribution is 0.317. The zero-order valence-electron chi connectivity index (χ0n) is 13.7. The molecule has 3 fully saturated rings. The Morgan fingerprint density at radius 1 is 1.17 bits per heavy atom. The van der Waals surface area contributed by atoms with Crippen LogP contribution in [0.4, 0.5) is 5.13 Å². The van der Waals surface area contributed by atoms with Gasteiger partial charge in [0.2, 0.25) is 0 Å².